The van der Waals surface area contributed by atoms with Crippen LogP contribution in [0.2, 0.25) is 0 Å². The molecule has 1 aromatic heterocycles. The predicted octanol–water partition coefficient (Wildman–Crippen LogP) is 1.66. The molecule has 0 spiro atoms. The minimum absolute atomic E-state index is 0.0486. The van der Waals surface area contributed by atoms with Gasteiger partial charge in [0.25, 0.3) is 0 Å². The molecule has 0 amide bonds. The van der Waals surface area contributed by atoms with Crippen molar-refractivity contribution in [2.75, 3.05) is 0 Å². The van der Waals surface area contributed by atoms with E-state index in [9.17, 15) is 14.9 Å². The maximum Gasteiger partial charge on any atom is 0.339 e. The summed E-state index contributed by atoms with van der Waals surface area (Å²) >= 11 is 0. The Kier molecular flexibility index (Phi) is 3.85. The molecule has 1 aromatic carbocycles. The second-order valence-electron chi connectivity index (χ2n) is 3.70. The van der Waals surface area contributed by atoms with Gasteiger partial charge in [-0.15, -0.1) is 0 Å². The maximum atomic E-state index is 11.0. The molecular weight excluding hydrogens is 266 g/mol. The van der Waals surface area contributed by atoms with Crippen LogP contribution in [0.3, 0.4) is 0 Å². The van der Waals surface area contributed by atoms with E-state index < -0.39 is 10.9 Å². The first kappa shape index (κ1) is 13.4. The number of rotatable bonds is 5. The van der Waals surface area contributed by atoms with E-state index in [1.807, 2.05) is 0 Å². The molecule has 0 atom stereocenters. The van der Waals surface area contributed by atoms with Crippen molar-refractivity contribution in [2.24, 2.45) is 0 Å². The molecule has 1 heterocycles. The number of benzene rings is 1. The molecule has 0 aliphatic rings. The number of ether oxygens (including phenoxy) is 1. The minimum atomic E-state index is -1.19. The third kappa shape index (κ3) is 2.86. The number of nitrogens with zero attached hydrogens (tertiary/aromatic N) is 3. The third-order valence-corrected chi connectivity index (χ3v) is 2.45. The monoisotopic (exact) mass is 275 g/mol. The van der Waals surface area contributed by atoms with Crippen LogP contribution in [-0.2, 0) is 6.61 Å². The van der Waals surface area contributed by atoms with Crippen LogP contribution in [0.25, 0.3) is 0 Å². The summed E-state index contributed by atoms with van der Waals surface area (Å²) in [6.45, 7) is -0.199. The van der Waals surface area contributed by atoms with Gasteiger partial charge in [0.2, 0.25) is 0 Å². The quantitative estimate of drug-likeness (QED) is 0.651. The number of carbonyl (C=O) groups is 1. The lowest BCUT2D eigenvalue weighted by atomic mass is 10.2. The van der Waals surface area contributed by atoms with E-state index in [2.05, 4.69) is 9.97 Å². The Balaban J connectivity index is 2.22. The van der Waals surface area contributed by atoms with Crippen LogP contribution in [0, 0.1) is 10.1 Å². The van der Waals surface area contributed by atoms with Crippen molar-refractivity contribution in [3.63, 3.8) is 0 Å². The zero-order valence-electron chi connectivity index (χ0n) is 10.1. The summed E-state index contributed by atoms with van der Waals surface area (Å²) in [7, 11) is 0. The van der Waals surface area contributed by atoms with Crippen LogP contribution in [-0.4, -0.2) is 26.0 Å². The fourth-order valence-corrected chi connectivity index (χ4v) is 1.52. The molecule has 102 valence electrons. The van der Waals surface area contributed by atoms with Crippen molar-refractivity contribution >= 4 is 11.7 Å². The largest absolute Gasteiger partial charge is 0.480 e. The molecule has 0 saturated carbocycles. The number of carboxylic acids is 1. The van der Waals surface area contributed by atoms with Gasteiger partial charge < -0.3 is 9.84 Å². The Morgan fingerprint density at radius 1 is 1.40 bits per heavy atom. The molecule has 0 fully saturated rings. The van der Waals surface area contributed by atoms with E-state index in [-0.39, 0.29) is 29.3 Å². The molecular formula is C12H9N3O5. The second-order valence-corrected chi connectivity index (χ2v) is 3.70. The van der Waals surface area contributed by atoms with E-state index in [1.54, 1.807) is 6.07 Å². The normalized spacial score (nSPS) is 10.0. The zero-order chi connectivity index (χ0) is 14.5. The Labute approximate surface area is 112 Å². The van der Waals surface area contributed by atoms with E-state index in [4.69, 9.17) is 9.84 Å². The smallest absolute Gasteiger partial charge is 0.339 e. The molecule has 8 heteroatoms. The average Bonchev–Trinajstić information content (AvgIpc) is 2.45. The highest BCUT2D eigenvalue weighted by atomic mass is 16.6. The first-order valence-electron chi connectivity index (χ1n) is 5.48. The van der Waals surface area contributed by atoms with Crippen LogP contribution in [0.4, 0.5) is 5.69 Å². The molecule has 20 heavy (non-hydrogen) atoms. The van der Waals surface area contributed by atoms with Gasteiger partial charge in [0, 0.05) is 12.3 Å². The Morgan fingerprint density at radius 3 is 2.85 bits per heavy atom. The summed E-state index contributed by atoms with van der Waals surface area (Å²) in [6, 6.07) is 5.83. The summed E-state index contributed by atoms with van der Waals surface area (Å²) in [5.41, 5.74) is -0.157. The van der Waals surface area contributed by atoms with Gasteiger partial charge >= 0.3 is 11.7 Å². The number of hydrogen-bond acceptors (Lipinski definition) is 6. The molecule has 1 N–H and O–H groups in total. The number of nitro benzene ring substituents is 1. The van der Waals surface area contributed by atoms with E-state index in [0.717, 1.165) is 6.20 Å². The fourth-order valence-electron chi connectivity index (χ4n) is 1.52. The van der Waals surface area contributed by atoms with Crippen LogP contribution in [0.15, 0.2) is 36.8 Å². The van der Waals surface area contributed by atoms with Crippen LogP contribution in [0.1, 0.15) is 16.1 Å². The number of carboxylic acid groups (broad SMARTS) is 1. The van der Waals surface area contributed by atoms with Gasteiger partial charge in [0.15, 0.2) is 5.75 Å². The summed E-state index contributed by atoms with van der Waals surface area (Å²) in [4.78, 5) is 28.6. The van der Waals surface area contributed by atoms with Gasteiger partial charge in [-0.25, -0.2) is 14.8 Å². The lowest BCUT2D eigenvalue weighted by Gasteiger charge is -2.07. The molecule has 0 unspecified atom stereocenters. The number of aromatic nitrogens is 2. The Hall–Kier alpha value is -3.03. The number of hydrogen-bond donors (Lipinski definition) is 1. The molecule has 8 nitrogen and oxygen atoms in total. The fraction of sp³-hybridized carbons (Fsp3) is 0.0833. The van der Waals surface area contributed by atoms with E-state index in [1.165, 1.54) is 24.5 Å². The number of aromatic carboxylic acids is 1. The predicted molar refractivity (Wildman–Crippen MR) is 66.4 cm³/mol. The van der Waals surface area contributed by atoms with Crippen LogP contribution >= 0.6 is 0 Å². The summed E-state index contributed by atoms with van der Waals surface area (Å²) in [5, 5.41) is 19.8. The first-order chi connectivity index (χ1) is 9.59. The number of nitro groups is 1. The van der Waals surface area contributed by atoms with Crippen LogP contribution in [0.5, 0.6) is 5.75 Å². The number of para-hydroxylation sites is 2. The van der Waals surface area contributed by atoms with Crippen molar-refractivity contribution in [1.82, 2.24) is 9.97 Å². The summed E-state index contributed by atoms with van der Waals surface area (Å²) in [5.74, 6) is -1.14. The van der Waals surface area contributed by atoms with E-state index >= 15 is 0 Å². The van der Waals surface area contributed by atoms with Gasteiger partial charge in [-0.05, 0) is 6.07 Å². The molecule has 0 bridgehead atoms. The highest BCUT2D eigenvalue weighted by molar-refractivity contribution is 5.88. The molecule has 0 saturated heterocycles. The minimum Gasteiger partial charge on any atom is -0.480 e. The van der Waals surface area contributed by atoms with E-state index in [0.29, 0.717) is 0 Å². The van der Waals surface area contributed by atoms with Crippen molar-refractivity contribution in [1.29, 1.82) is 0 Å². The summed E-state index contributed by atoms with van der Waals surface area (Å²) in [6.07, 6.45) is 2.33. The first-order valence-corrected chi connectivity index (χ1v) is 5.48. The Bertz CT molecular complexity index is 602. The van der Waals surface area contributed by atoms with Crippen molar-refractivity contribution in [3.05, 3.63) is 58.2 Å². The highest BCUT2D eigenvalue weighted by Crippen LogP contribution is 2.26. The average molecular weight is 275 g/mol. The van der Waals surface area contributed by atoms with Crippen molar-refractivity contribution < 1.29 is 19.6 Å². The van der Waals surface area contributed by atoms with Crippen LogP contribution < -0.4 is 4.74 Å². The molecule has 0 aliphatic carbocycles. The lowest BCUT2D eigenvalue weighted by molar-refractivity contribution is -0.385. The molecule has 2 rings (SSSR count). The lowest BCUT2D eigenvalue weighted by Crippen LogP contribution is -2.09. The molecule has 0 radical (unpaired) electrons. The summed E-state index contributed by atoms with van der Waals surface area (Å²) < 4.78 is 5.28. The van der Waals surface area contributed by atoms with Gasteiger partial charge in [0.1, 0.15) is 18.5 Å². The van der Waals surface area contributed by atoms with Gasteiger partial charge in [-0.3, -0.25) is 10.1 Å². The van der Waals surface area contributed by atoms with Gasteiger partial charge in [-0.1, -0.05) is 12.1 Å². The SMILES string of the molecule is O=C(O)c1cncnc1COc1ccccc1[N+](=O)[O-]. The zero-order valence-corrected chi connectivity index (χ0v) is 10.1. The topological polar surface area (TPSA) is 115 Å². The second kappa shape index (κ2) is 5.74. The van der Waals surface area contributed by atoms with Gasteiger partial charge in [0.05, 0.1) is 10.6 Å². The molecule has 2 aromatic rings. The Morgan fingerprint density at radius 2 is 2.15 bits per heavy atom. The van der Waals surface area contributed by atoms with Crippen molar-refractivity contribution in [3.8, 4) is 5.75 Å². The molecule has 0 aliphatic heterocycles. The van der Waals surface area contributed by atoms with Crippen molar-refractivity contribution in [2.45, 2.75) is 6.61 Å². The van der Waals surface area contributed by atoms with Gasteiger partial charge in [-0.2, -0.15) is 0 Å². The highest BCUT2D eigenvalue weighted by Gasteiger charge is 2.16. The third-order valence-electron chi connectivity index (χ3n) is 2.45. The standard InChI is InChI=1S/C12H9N3O5/c16-12(17)8-5-13-7-14-9(8)6-20-11-4-2-1-3-10(11)15(18)19/h1-5,7H,6H2,(H,16,17). The maximum absolute atomic E-state index is 11.0.